The monoisotopic (exact) mass is 163 g/mol. The third-order valence-corrected chi connectivity index (χ3v) is 1.33. The van der Waals surface area contributed by atoms with Crippen molar-refractivity contribution in [2.24, 2.45) is 4.99 Å². The second kappa shape index (κ2) is 3.61. The van der Waals surface area contributed by atoms with Gasteiger partial charge >= 0.3 is 0 Å². The summed E-state index contributed by atoms with van der Waals surface area (Å²) in [5.41, 5.74) is 0.375. The largest absolute Gasteiger partial charge is 0.342 e. The fourth-order valence-electron chi connectivity index (χ4n) is 0.756. The van der Waals surface area contributed by atoms with E-state index in [4.69, 9.17) is 0 Å². The van der Waals surface area contributed by atoms with Crippen LogP contribution in [0.25, 0.3) is 0 Å². The SMILES string of the molecule is C=CN=C(C)C(=O)c1ncc[nH]1. The lowest BCUT2D eigenvalue weighted by atomic mass is 10.2. The van der Waals surface area contributed by atoms with Crippen LogP contribution in [0.2, 0.25) is 0 Å². The molecule has 0 spiro atoms. The summed E-state index contributed by atoms with van der Waals surface area (Å²) in [6.45, 7) is 5.01. The number of Topliss-reactive ketones (excluding diaryl/α,β-unsaturated/α-hetero) is 1. The van der Waals surface area contributed by atoms with E-state index in [1.807, 2.05) is 0 Å². The number of carbonyl (C=O) groups excluding carboxylic acids is 1. The van der Waals surface area contributed by atoms with Gasteiger partial charge in [-0.15, -0.1) is 0 Å². The normalized spacial score (nSPS) is 11.2. The van der Waals surface area contributed by atoms with E-state index in [1.165, 1.54) is 12.4 Å². The number of nitrogens with zero attached hydrogens (tertiary/aromatic N) is 2. The molecule has 62 valence electrons. The highest BCUT2D eigenvalue weighted by Crippen LogP contribution is 1.93. The molecule has 0 aliphatic carbocycles. The van der Waals surface area contributed by atoms with Crippen LogP contribution in [0.1, 0.15) is 17.5 Å². The van der Waals surface area contributed by atoms with Gasteiger partial charge in [0.1, 0.15) is 0 Å². The average Bonchev–Trinajstić information content (AvgIpc) is 2.55. The van der Waals surface area contributed by atoms with Crippen molar-refractivity contribution in [2.45, 2.75) is 6.92 Å². The lowest BCUT2D eigenvalue weighted by molar-refractivity contribution is 0.105. The molecule has 0 aliphatic heterocycles. The molecule has 1 N–H and O–H groups in total. The molecule has 4 heteroatoms. The predicted molar refractivity (Wildman–Crippen MR) is 46.2 cm³/mol. The summed E-state index contributed by atoms with van der Waals surface area (Å²) in [5.74, 6) is 0.0954. The Morgan fingerprint density at radius 3 is 3.08 bits per heavy atom. The van der Waals surface area contributed by atoms with Crippen molar-refractivity contribution in [2.75, 3.05) is 0 Å². The van der Waals surface area contributed by atoms with Crippen LogP contribution in [0, 0.1) is 0 Å². The van der Waals surface area contributed by atoms with E-state index in [9.17, 15) is 4.79 Å². The van der Waals surface area contributed by atoms with Crippen molar-refractivity contribution in [3.05, 3.63) is 31.0 Å². The summed E-state index contributed by atoms with van der Waals surface area (Å²) in [6, 6.07) is 0. The molecule has 1 aromatic rings. The quantitative estimate of drug-likeness (QED) is 0.537. The van der Waals surface area contributed by atoms with Gasteiger partial charge in [0.05, 0.1) is 5.71 Å². The number of imidazole rings is 1. The summed E-state index contributed by atoms with van der Waals surface area (Å²) >= 11 is 0. The molecule has 4 nitrogen and oxygen atoms in total. The number of aromatic amines is 1. The number of nitrogens with one attached hydrogen (secondary N) is 1. The molecule has 1 aromatic heterocycles. The Morgan fingerprint density at radius 2 is 2.58 bits per heavy atom. The number of aliphatic imine (C=N–C) groups is 1. The van der Waals surface area contributed by atoms with Gasteiger partial charge in [0.25, 0.3) is 0 Å². The van der Waals surface area contributed by atoms with Crippen LogP contribution >= 0.6 is 0 Å². The number of rotatable bonds is 3. The van der Waals surface area contributed by atoms with E-state index >= 15 is 0 Å². The van der Waals surface area contributed by atoms with Crippen molar-refractivity contribution in [1.82, 2.24) is 9.97 Å². The van der Waals surface area contributed by atoms with Crippen LogP contribution in [0.3, 0.4) is 0 Å². The molecule has 0 bridgehead atoms. The second-order valence-electron chi connectivity index (χ2n) is 2.16. The zero-order valence-electron chi connectivity index (χ0n) is 6.74. The first-order valence-electron chi connectivity index (χ1n) is 3.45. The lowest BCUT2D eigenvalue weighted by Gasteiger charge is -1.92. The molecule has 0 amide bonds. The maximum atomic E-state index is 11.3. The van der Waals surface area contributed by atoms with E-state index in [1.54, 1.807) is 13.1 Å². The third-order valence-electron chi connectivity index (χ3n) is 1.33. The van der Waals surface area contributed by atoms with Gasteiger partial charge in [0.15, 0.2) is 5.82 Å². The molecule has 0 radical (unpaired) electrons. The number of aromatic nitrogens is 2. The van der Waals surface area contributed by atoms with Crippen molar-refractivity contribution in [1.29, 1.82) is 0 Å². The first-order valence-corrected chi connectivity index (χ1v) is 3.45. The van der Waals surface area contributed by atoms with Crippen molar-refractivity contribution in [3.63, 3.8) is 0 Å². The predicted octanol–water partition coefficient (Wildman–Crippen LogP) is 1.20. The highest BCUT2D eigenvalue weighted by Gasteiger charge is 2.10. The number of ketones is 1. The van der Waals surface area contributed by atoms with Crippen molar-refractivity contribution < 1.29 is 4.79 Å². The fourth-order valence-corrected chi connectivity index (χ4v) is 0.756. The molecule has 0 fully saturated rings. The van der Waals surface area contributed by atoms with Crippen LogP contribution in [-0.2, 0) is 0 Å². The van der Waals surface area contributed by atoms with E-state index in [-0.39, 0.29) is 5.78 Å². The maximum Gasteiger partial charge on any atom is 0.242 e. The average molecular weight is 163 g/mol. The molecule has 0 unspecified atom stereocenters. The molecular formula is C8H9N3O. The minimum absolute atomic E-state index is 0.208. The standard InChI is InChI=1S/C8H9N3O/c1-3-9-6(2)7(12)8-10-4-5-11-8/h3-5H,1H2,2H3,(H,10,11). The molecule has 1 rings (SSSR count). The van der Waals surface area contributed by atoms with Crippen molar-refractivity contribution in [3.8, 4) is 0 Å². The van der Waals surface area contributed by atoms with Gasteiger partial charge in [-0.3, -0.25) is 9.79 Å². The Labute approximate surface area is 70.1 Å². The molecule has 1 heterocycles. The third kappa shape index (κ3) is 1.66. The minimum atomic E-state index is -0.208. The van der Waals surface area contributed by atoms with Gasteiger partial charge in [0, 0.05) is 18.6 Å². The first kappa shape index (κ1) is 8.39. The number of H-pyrrole nitrogens is 1. The molecule has 0 aliphatic rings. The molecule has 0 saturated carbocycles. The zero-order chi connectivity index (χ0) is 8.97. The molecule has 12 heavy (non-hydrogen) atoms. The summed E-state index contributed by atoms with van der Waals surface area (Å²) in [6.07, 6.45) is 4.44. The molecular weight excluding hydrogens is 154 g/mol. The highest BCUT2D eigenvalue weighted by atomic mass is 16.1. The van der Waals surface area contributed by atoms with Gasteiger partial charge in [-0.2, -0.15) is 0 Å². The maximum absolute atomic E-state index is 11.3. The summed E-state index contributed by atoms with van der Waals surface area (Å²) in [7, 11) is 0. The summed E-state index contributed by atoms with van der Waals surface area (Å²) in [5, 5.41) is 0. The van der Waals surface area contributed by atoms with Crippen LogP contribution in [0.15, 0.2) is 30.2 Å². The van der Waals surface area contributed by atoms with Crippen LogP contribution in [0.5, 0.6) is 0 Å². The Hall–Kier alpha value is -1.71. The Balaban J connectivity index is 2.86. The van der Waals surface area contributed by atoms with E-state index in [0.717, 1.165) is 0 Å². The molecule has 0 atom stereocenters. The fraction of sp³-hybridized carbons (Fsp3) is 0.125. The summed E-state index contributed by atoms with van der Waals surface area (Å²) < 4.78 is 0. The van der Waals surface area contributed by atoms with Crippen molar-refractivity contribution >= 4 is 11.5 Å². The Bertz CT molecular complexity index is 311. The number of carbonyl (C=O) groups is 1. The second-order valence-corrected chi connectivity index (χ2v) is 2.16. The summed E-state index contributed by atoms with van der Waals surface area (Å²) in [4.78, 5) is 21.6. The van der Waals surface area contributed by atoms with E-state index in [0.29, 0.717) is 11.5 Å². The van der Waals surface area contributed by atoms with Crippen LogP contribution < -0.4 is 0 Å². The minimum Gasteiger partial charge on any atom is -0.342 e. The Morgan fingerprint density at radius 1 is 1.83 bits per heavy atom. The van der Waals surface area contributed by atoms with E-state index < -0.39 is 0 Å². The molecule has 0 saturated heterocycles. The van der Waals surface area contributed by atoms with Gasteiger partial charge < -0.3 is 4.98 Å². The lowest BCUT2D eigenvalue weighted by Crippen LogP contribution is -2.11. The number of hydrogen-bond donors (Lipinski definition) is 1. The van der Waals surface area contributed by atoms with Gasteiger partial charge in [-0.05, 0) is 6.92 Å². The Kier molecular flexibility index (Phi) is 2.53. The highest BCUT2D eigenvalue weighted by molar-refractivity contribution is 6.44. The smallest absolute Gasteiger partial charge is 0.242 e. The zero-order valence-corrected chi connectivity index (χ0v) is 6.74. The van der Waals surface area contributed by atoms with Gasteiger partial charge in [-0.25, -0.2) is 4.98 Å². The van der Waals surface area contributed by atoms with Crippen LogP contribution in [0.4, 0.5) is 0 Å². The number of hydrogen-bond acceptors (Lipinski definition) is 3. The molecule has 0 aromatic carbocycles. The van der Waals surface area contributed by atoms with Gasteiger partial charge in [-0.1, -0.05) is 6.58 Å². The van der Waals surface area contributed by atoms with Gasteiger partial charge in [0.2, 0.25) is 5.78 Å². The topological polar surface area (TPSA) is 58.1 Å². The first-order chi connectivity index (χ1) is 5.75. The van der Waals surface area contributed by atoms with Crippen LogP contribution in [-0.4, -0.2) is 21.5 Å². The van der Waals surface area contributed by atoms with E-state index in [2.05, 4.69) is 21.5 Å².